The van der Waals surface area contributed by atoms with Crippen molar-refractivity contribution < 1.29 is 28.7 Å². The largest absolute Gasteiger partial charge is 0.483 e. The molecular weight excluding hydrogens is 542 g/mol. The van der Waals surface area contributed by atoms with E-state index in [0.29, 0.717) is 62.5 Å². The van der Waals surface area contributed by atoms with Gasteiger partial charge in [-0.25, -0.2) is 9.78 Å². The smallest absolute Gasteiger partial charge is 0.409 e. The number of carbonyl (C=O) groups is 4. The summed E-state index contributed by atoms with van der Waals surface area (Å²) in [5.41, 5.74) is 3.46. The number of aryl methyl sites for hydroxylation is 1. The van der Waals surface area contributed by atoms with Gasteiger partial charge in [0.1, 0.15) is 11.4 Å². The molecule has 2 aliphatic rings. The zero-order valence-corrected chi connectivity index (χ0v) is 23.9. The van der Waals surface area contributed by atoms with E-state index in [1.807, 2.05) is 32.0 Å². The lowest BCUT2D eigenvalue weighted by atomic mass is 10.1. The lowest BCUT2D eigenvalue weighted by Crippen LogP contribution is -2.52. The summed E-state index contributed by atoms with van der Waals surface area (Å²) in [5.74, 6) is -0.632. The molecule has 0 unspecified atom stereocenters. The molecular formula is C29H35N7O6. The van der Waals surface area contributed by atoms with Crippen LogP contribution in [-0.2, 0) is 27.4 Å². The molecule has 0 bridgehead atoms. The van der Waals surface area contributed by atoms with Gasteiger partial charge in [-0.2, -0.15) is 5.10 Å². The van der Waals surface area contributed by atoms with Crippen molar-refractivity contribution in [3.63, 3.8) is 0 Å². The molecule has 1 fully saturated rings. The van der Waals surface area contributed by atoms with Gasteiger partial charge in [-0.05, 0) is 31.0 Å². The fourth-order valence-electron chi connectivity index (χ4n) is 4.90. The van der Waals surface area contributed by atoms with E-state index in [-0.39, 0.29) is 36.8 Å². The average molecular weight is 578 g/mol. The number of carbonyl (C=O) groups excluding carboxylic acids is 4. The molecule has 2 aliphatic heterocycles. The van der Waals surface area contributed by atoms with Gasteiger partial charge in [-0.15, -0.1) is 0 Å². The second kappa shape index (κ2) is 12.9. The minimum Gasteiger partial charge on any atom is -0.483 e. The van der Waals surface area contributed by atoms with Gasteiger partial charge in [-0.3, -0.25) is 19.5 Å². The van der Waals surface area contributed by atoms with Crippen molar-refractivity contribution in [2.75, 3.05) is 45.9 Å². The molecule has 0 radical (unpaired) electrons. The monoisotopic (exact) mass is 577 g/mol. The van der Waals surface area contributed by atoms with Crippen LogP contribution in [0.2, 0.25) is 0 Å². The molecule has 13 nitrogen and oxygen atoms in total. The normalized spacial score (nSPS) is 14.6. The van der Waals surface area contributed by atoms with E-state index in [2.05, 4.69) is 20.5 Å². The van der Waals surface area contributed by atoms with Crippen molar-refractivity contribution in [1.29, 1.82) is 0 Å². The summed E-state index contributed by atoms with van der Waals surface area (Å²) in [6, 6.07) is 7.07. The number of pyridine rings is 1. The van der Waals surface area contributed by atoms with Gasteiger partial charge in [0.2, 0.25) is 5.91 Å². The van der Waals surface area contributed by atoms with Crippen molar-refractivity contribution in [1.82, 2.24) is 35.2 Å². The first-order valence-corrected chi connectivity index (χ1v) is 14.1. The number of fused-ring (bicyclic) bond motifs is 2. The number of piperazine rings is 1. The number of H-pyrrole nitrogens is 1. The highest BCUT2D eigenvalue weighted by Crippen LogP contribution is 2.27. The quantitative estimate of drug-likeness (QED) is 0.367. The Morgan fingerprint density at radius 2 is 1.79 bits per heavy atom. The van der Waals surface area contributed by atoms with Crippen LogP contribution >= 0.6 is 0 Å². The zero-order chi connectivity index (χ0) is 29.6. The molecule has 4 heterocycles. The van der Waals surface area contributed by atoms with Gasteiger partial charge in [0, 0.05) is 49.7 Å². The molecule has 5 rings (SSSR count). The number of amides is 4. The number of nitrogens with zero attached hydrogens (tertiary/aromatic N) is 5. The summed E-state index contributed by atoms with van der Waals surface area (Å²) >= 11 is 0. The highest BCUT2D eigenvalue weighted by atomic mass is 16.6. The number of hydrogen-bond acceptors (Lipinski definition) is 8. The topological polar surface area (TPSA) is 150 Å². The molecule has 0 spiro atoms. The van der Waals surface area contributed by atoms with E-state index in [4.69, 9.17) is 9.47 Å². The number of ether oxygens (including phenoxy) is 2. The minimum atomic E-state index is -0.536. The van der Waals surface area contributed by atoms with Crippen LogP contribution in [0.5, 0.6) is 5.75 Å². The number of hydrogen-bond donors (Lipinski definition) is 2. The third kappa shape index (κ3) is 6.61. The Labute approximate surface area is 243 Å². The maximum absolute atomic E-state index is 13.1. The Kier molecular flexibility index (Phi) is 8.84. The summed E-state index contributed by atoms with van der Waals surface area (Å²) in [7, 11) is 0. The molecule has 1 saturated heterocycles. The van der Waals surface area contributed by atoms with Crippen LogP contribution in [0.25, 0.3) is 10.9 Å². The number of benzene rings is 1. The third-order valence-electron chi connectivity index (χ3n) is 7.40. The summed E-state index contributed by atoms with van der Waals surface area (Å²) < 4.78 is 11.2. The molecule has 1 aromatic carbocycles. The van der Waals surface area contributed by atoms with Gasteiger partial charge in [0.25, 0.3) is 11.8 Å². The van der Waals surface area contributed by atoms with Crippen LogP contribution in [0.1, 0.15) is 47.1 Å². The van der Waals surface area contributed by atoms with E-state index in [1.54, 1.807) is 20.9 Å². The first-order chi connectivity index (χ1) is 20.3. The van der Waals surface area contributed by atoms with Crippen LogP contribution in [0.3, 0.4) is 0 Å². The van der Waals surface area contributed by atoms with Gasteiger partial charge in [-0.1, -0.05) is 19.4 Å². The van der Waals surface area contributed by atoms with Gasteiger partial charge >= 0.3 is 6.09 Å². The molecule has 222 valence electrons. The average Bonchev–Trinajstić information content (AvgIpc) is 3.61. The van der Waals surface area contributed by atoms with Crippen molar-refractivity contribution in [3.8, 4) is 5.75 Å². The van der Waals surface area contributed by atoms with Crippen LogP contribution < -0.4 is 10.1 Å². The Balaban J connectivity index is 1.17. The second-order valence-electron chi connectivity index (χ2n) is 10.5. The Hall–Kier alpha value is -4.68. The summed E-state index contributed by atoms with van der Waals surface area (Å²) in [4.78, 5) is 60.2. The van der Waals surface area contributed by atoms with E-state index in [9.17, 15) is 19.2 Å². The molecule has 3 aromatic rings. The predicted molar refractivity (Wildman–Crippen MR) is 152 cm³/mol. The molecule has 0 atom stereocenters. The van der Waals surface area contributed by atoms with E-state index >= 15 is 0 Å². The third-order valence-corrected chi connectivity index (χ3v) is 7.40. The first kappa shape index (κ1) is 28.8. The molecule has 2 N–H and O–H groups in total. The van der Waals surface area contributed by atoms with Crippen LogP contribution in [0, 0.1) is 6.92 Å². The predicted octanol–water partition coefficient (Wildman–Crippen LogP) is 2.00. The first-order valence-electron chi connectivity index (χ1n) is 14.1. The standard InChI is InChI=1S/C29H35N7O6/c1-3-4-11-41-29(40)35-9-7-34(8-10-35)26(37)15-30-28(39)23-13-25(21-6-5-19(2)12-22(21)32-23)42-18-27(38)36-16-20-14-31-33-24(20)17-36/h5-6,12-14H,3-4,7-11,15-18H2,1-2H3,(H,30,39)(H,31,33). The minimum absolute atomic E-state index is 0.0743. The molecule has 4 amide bonds. The Bertz CT molecular complexity index is 1460. The second-order valence-corrected chi connectivity index (χ2v) is 10.5. The number of aromatic nitrogens is 3. The van der Waals surface area contributed by atoms with E-state index < -0.39 is 5.91 Å². The zero-order valence-electron chi connectivity index (χ0n) is 23.9. The van der Waals surface area contributed by atoms with Gasteiger partial charge in [0.15, 0.2) is 6.61 Å². The molecule has 13 heteroatoms. The van der Waals surface area contributed by atoms with Crippen LogP contribution in [-0.4, -0.2) is 99.6 Å². The van der Waals surface area contributed by atoms with E-state index in [1.165, 1.54) is 6.07 Å². The van der Waals surface area contributed by atoms with Crippen molar-refractivity contribution >= 4 is 34.7 Å². The lowest BCUT2D eigenvalue weighted by Gasteiger charge is -2.34. The Morgan fingerprint density at radius 1 is 1.00 bits per heavy atom. The number of aromatic amines is 1. The van der Waals surface area contributed by atoms with Gasteiger partial charge in [0.05, 0.1) is 37.1 Å². The maximum Gasteiger partial charge on any atom is 0.409 e. The number of unbranched alkanes of at least 4 members (excludes halogenated alkanes) is 1. The molecule has 0 saturated carbocycles. The van der Waals surface area contributed by atoms with Crippen molar-refractivity contribution in [2.24, 2.45) is 0 Å². The summed E-state index contributed by atoms with van der Waals surface area (Å²) in [6.07, 6.45) is 3.10. The molecule has 42 heavy (non-hydrogen) atoms. The highest BCUT2D eigenvalue weighted by Gasteiger charge is 2.27. The fraction of sp³-hybridized carbons (Fsp3) is 0.448. The fourth-order valence-corrected chi connectivity index (χ4v) is 4.90. The number of nitrogens with one attached hydrogen (secondary N) is 2. The van der Waals surface area contributed by atoms with Crippen LogP contribution in [0.15, 0.2) is 30.5 Å². The lowest BCUT2D eigenvalue weighted by molar-refractivity contribution is -0.134. The van der Waals surface area contributed by atoms with Crippen molar-refractivity contribution in [3.05, 3.63) is 53.0 Å². The van der Waals surface area contributed by atoms with Crippen molar-refractivity contribution in [2.45, 2.75) is 39.8 Å². The maximum atomic E-state index is 13.1. The summed E-state index contributed by atoms with van der Waals surface area (Å²) in [6.45, 7) is 6.26. The SMILES string of the molecule is CCCCOC(=O)N1CCN(C(=O)CNC(=O)c2cc(OCC(=O)N3Cc4cn[nH]c4C3)c3ccc(C)cc3n2)CC1. The van der Waals surface area contributed by atoms with E-state index in [0.717, 1.165) is 29.7 Å². The Morgan fingerprint density at radius 3 is 2.55 bits per heavy atom. The van der Waals surface area contributed by atoms with Crippen LogP contribution in [0.4, 0.5) is 4.79 Å². The highest BCUT2D eigenvalue weighted by molar-refractivity contribution is 5.98. The van der Waals surface area contributed by atoms with Gasteiger partial charge < -0.3 is 29.5 Å². The summed E-state index contributed by atoms with van der Waals surface area (Å²) in [5, 5.41) is 10.2. The molecule has 2 aromatic heterocycles. The molecule has 0 aliphatic carbocycles. The number of rotatable bonds is 9.